The predicted molar refractivity (Wildman–Crippen MR) is 116 cm³/mol. The van der Waals surface area contributed by atoms with E-state index in [4.69, 9.17) is 0 Å². The van der Waals surface area contributed by atoms with Gasteiger partial charge in [-0.15, -0.1) is 11.3 Å². The molecular weight excluding hydrogens is 388 g/mol. The van der Waals surface area contributed by atoms with Crippen molar-refractivity contribution in [1.82, 2.24) is 9.97 Å². The molecule has 0 unspecified atom stereocenters. The molecule has 29 heavy (non-hydrogen) atoms. The number of aryl methyl sites for hydroxylation is 2. The van der Waals surface area contributed by atoms with Crippen molar-refractivity contribution in [2.24, 2.45) is 11.3 Å². The number of H-pyrrole nitrogens is 1. The van der Waals surface area contributed by atoms with Crippen molar-refractivity contribution in [3.05, 3.63) is 37.3 Å². The fourth-order valence-corrected chi connectivity index (χ4v) is 4.36. The van der Waals surface area contributed by atoms with Crippen LogP contribution in [0.25, 0.3) is 0 Å². The van der Waals surface area contributed by atoms with Gasteiger partial charge in [-0.1, -0.05) is 20.8 Å². The second kappa shape index (κ2) is 8.10. The molecule has 7 nitrogen and oxygen atoms in total. The van der Waals surface area contributed by atoms with Crippen LogP contribution in [0.3, 0.4) is 0 Å². The van der Waals surface area contributed by atoms with Crippen molar-refractivity contribution in [2.45, 2.75) is 53.9 Å². The molecule has 1 atom stereocenters. The molecule has 0 spiro atoms. The van der Waals surface area contributed by atoms with E-state index in [1.165, 1.54) is 4.88 Å². The van der Waals surface area contributed by atoms with Gasteiger partial charge in [0.05, 0.1) is 10.4 Å². The van der Waals surface area contributed by atoms with E-state index in [-0.39, 0.29) is 23.2 Å². The number of nitrogens with zero attached hydrogens (tertiary/aromatic N) is 1. The molecule has 3 heterocycles. The van der Waals surface area contributed by atoms with Crippen LogP contribution in [0.1, 0.15) is 59.8 Å². The summed E-state index contributed by atoms with van der Waals surface area (Å²) in [5.74, 6) is 0.920. The van der Waals surface area contributed by atoms with E-state index in [0.29, 0.717) is 23.7 Å². The molecule has 2 aromatic rings. The van der Waals surface area contributed by atoms with Crippen molar-refractivity contribution in [3.8, 4) is 0 Å². The lowest BCUT2D eigenvalue weighted by atomic mass is 9.92. The number of carbonyl (C=O) groups is 2. The molecule has 1 aliphatic rings. The second-order valence-corrected chi connectivity index (χ2v) is 9.85. The minimum absolute atomic E-state index is 0.101. The van der Waals surface area contributed by atoms with E-state index < -0.39 is 5.41 Å². The molecule has 156 valence electrons. The van der Waals surface area contributed by atoms with Gasteiger partial charge in [0.1, 0.15) is 5.82 Å². The highest BCUT2D eigenvalue weighted by atomic mass is 32.1. The second-order valence-electron chi connectivity index (χ2n) is 8.71. The van der Waals surface area contributed by atoms with Gasteiger partial charge < -0.3 is 5.32 Å². The van der Waals surface area contributed by atoms with Crippen molar-refractivity contribution in [1.29, 1.82) is 0 Å². The Bertz CT molecular complexity index is 1000. The van der Waals surface area contributed by atoms with Crippen molar-refractivity contribution in [3.63, 3.8) is 0 Å². The number of nitrogens with one attached hydrogen (secondary N) is 3. The van der Waals surface area contributed by atoms with Crippen molar-refractivity contribution < 1.29 is 9.59 Å². The maximum atomic E-state index is 12.5. The molecule has 3 N–H and O–H groups in total. The van der Waals surface area contributed by atoms with Crippen LogP contribution >= 0.6 is 11.3 Å². The molecule has 0 saturated carbocycles. The van der Waals surface area contributed by atoms with Gasteiger partial charge in [0.15, 0.2) is 5.78 Å². The van der Waals surface area contributed by atoms with Crippen LogP contribution in [0.5, 0.6) is 0 Å². The molecule has 0 saturated heterocycles. The van der Waals surface area contributed by atoms with Crippen LogP contribution in [0.2, 0.25) is 0 Å². The molecule has 3 rings (SSSR count). The lowest BCUT2D eigenvalue weighted by molar-refractivity contribution is -0.123. The third-order valence-corrected chi connectivity index (χ3v) is 6.52. The van der Waals surface area contributed by atoms with Gasteiger partial charge >= 0.3 is 0 Å². The van der Waals surface area contributed by atoms with Crippen molar-refractivity contribution in [2.75, 3.05) is 17.2 Å². The monoisotopic (exact) mass is 416 g/mol. The van der Waals surface area contributed by atoms with Gasteiger partial charge in [-0.3, -0.25) is 24.7 Å². The van der Waals surface area contributed by atoms with Gasteiger partial charge in [0.25, 0.3) is 5.56 Å². The lowest BCUT2D eigenvalue weighted by Gasteiger charge is -2.25. The van der Waals surface area contributed by atoms with Crippen LogP contribution in [-0.2, 0) is 17.6 Å². The average molecular weight is 417 g/mol. The zero-order valence-corrected chi connectivity index (χ0v) is 18.4. The minimum atomic E-state index is -0.574. The highest BCUT2D eigenvalue weighted by Gasteiger charge is 2.25. The highest BCUT2D eigenvalue weighted by Crippen LogP contribution is 2.28. The minimum Gasteiger partial charge on any atom is -0.369 e. The highest BCUT2D eigenvalue weighted by molar-refractivity contribution is 7.14. The Balaban J connectivity index is 1.67. The Morgan fingerprint density at radius 2 is 2.07 bits per heavy atom. The Labute approximate surface area is 174 Å². The quantitative estimate of drug-likeness (QED) is 0.647. The summed E-state index contributed by atoms with van der Waals surface area (Å²) in [5, 5.41) is 5.92. The van der Waals surface area contributed by atoms with Crippen molar-refractivity contribution >= 4 is 34.8 Å². The summed E-state index contributed by atoms with van der Waals surface area (Å²) in [6.45, 7) is 9.76. The molecule has 0 fully saturated rings. The molecule has 0 aromatic carbocycles. The van der Waals surface area contributed by atoms with E-state index in [9.17, 15) is 14.4 Å². The maximum absolute atomic E-state index is 12.5. The summed E-state index contributed by atoms with van der Waals surface area (Å²) in [6, 6.07) is 1.96. The molecule has 1 aliphatic heterocycles. The third-order valence-electron chi connectivity index (χ3n) is 5.13. The normalized spacial score (nSPS) is 16.1. The van der Waals surface area contributed by atoms with Crippen LogP contribution in [0.15, 0.2) is 10.9 Å². The third kappa shape index (κ3) is 4.93. The summed E-state index contributed by atoms with van der Waals surface area (Å²) < 4.78 is 0. The number of amides is 1. The summed E-state index contributed by atoms with van der Waals surface area (Å²) in [7, 11) is 0. The Morgan fingerprint density at radius 1 is 1.34 bits per heavy atom. The topological polar surface area (TPSA) is 104 Å². The van der Waals surface area contributed by atoms with Gasteiger partial charge in [0, 0.05) is 16.8 Å². The number of rotatable bonds is 5. The fraction of sp³-hybridized carbons (Fsp3) is 0.524. The smallest absolute Gasteiger partial charge is 0.257 e. The Kier molecular flexibility index (Phi) is 5.93. The standard InChI is InChI=1S/C21H28N4O3S/c1-11-8-16(12(2)26)29-15(11)7-6-13-9-14-17(22-10-13)23-20(24-18(14)27)25-19(28)21(3,4)5/h8,13H,6-7,9-10H2,1-5H3,(H3,22,23,24,25,27,28)/t13-/m0/s1. The molecule has 2 aromatic heterocycles. The van der Waals surface area contributed by atoms with Gasteiger partial charge in [-0.05, 0) is 50.7 Å². The molecule has 1 amide bonds. The number of carbonyl (C=O) groups excluding carboxylic acids is 2. The first kappa shape index (κ1) is 21.2. The number of fused-ring (bicyclic) bond motifs is 1. The molecule has 0 aliphatic carbocycles. The lowest BCUT2D eigenvalue weighted by Crippen LogP contribution is -2.33. The van der Waals surface area contributed by atoms with Gasteiger partial charge in [-0.2, -0.15) is 4.98 Å². The number of Topliss-reactive ketones (excluding diaryl/α,β-unsaturated/α-hetero) is 1. The number of ketones is 1. The van der Waals surface area contributed by atoms with Gasteiger partial charge in [0.2, 0.25) is 11.9 Å². The molecular formula is C21H28N4O3S. The predicted octanol–water partition coefficient (Wildman–Crippen LogP) is 3.54. The first-order valence-electron chi connectivity index (χ1n) is 9.83. The number of thiophene rings is 1. The van der Waals surface area contributed by atoms with E-state index >= 15 is 0 Å². The maximum Gasteiger partial charge on any atom is 0.257 e. The van der Waals surface area contributed by atoms with Crippen LogP contribution in [0.4, 0.5) is 11.8 Å². The van der Waals surface area contributed by atoms with E-state index in [2.05, 4.69) is 20.6 Å². The molecule has 0 bridgehead atoms. The van der Waals surface area contributed by atoms with E-state index in [1.54, 1.807) is 39.0 Å². The molecule has 0 radical (unpaired) electrons. The van der Waals surface area contributed by atoms with Crippen LogP contribution in [0, 0.1) is 18.3 Å². The summed E-state index contributed by atoms with van der Waals surface area (Å²) in [4.78, 5) is 45.4. The zero-order valence-electron chi connectivity index (χ0n) is 17.6. The Morgan fingerprint density at radius 3 is 2.69 bits per heavy atom. The summed E-state index contributed by atoms with van der Waals surface area (Å²) in [6.07, 6.45) is 2.45. The van der Waals surface area contributed by atoms with Gasteiger partial charge in [-0.25, -0.2) is 0 Å². The fourth-order valence-electron chi connectivity index (χ4n) is 3.27. The molecule has 8 heteroatoms. The summed E-state index contributed by atoms with van der Waals surface area (Å²) >= 11 is 1.56. The average Bonchev–Trinajstić information content (AvgIpc) is 3.00. The zero-order chi connectivity index (χ0) is 21.3. The number of anilines is 2. The van der Waals surface area contributed by atoms with Crippen LogP contribution in [-0.4, -0.2) is 28.2 Å². The van der Waals surface area contributed by atoms with E-state index in [0.717, 1.165) is 29.8 Å². The first-order chi connectivity index (χ1) is 13.5. The summed E-state index contributed by atoms with van der Waals surface area (Å²) in [5.41, 5.74) is 0.989. The number of hydrogen-bond donors (Lipinski definition) is 3. The SMILES string of the molecule is CC(=O)c1cc(C)c(CC[C@@H]2CNc3nc(NC(=O)C(C)(C)C)[nH]c(=O)c3C2)s1. The first-order valence-corrected chi connectivity index (χ1v) is 10.6. The van der Waals surface area contributed by atoms with Crippen LogP contribution < -0.4 is 16.2 Å². The van der Waals surface area contributed by atoms with E-state index in [1.807, 2.05) is 13.0 Å². The number of aromatic nitrogens is 2. The largest absolute Gasteiger partial charge is 0.369 e. The Hall–Kier alpha value is -2.48. The number of hydrogen-bond acceptors (Lipinski definition) is 6. The number of aromatic amines is 1.